The number of aliphatic carboxylic acids is 1. The molecule has 3 nitrogen and oxygen atoms in total. The molecule has 0 spiro atoms. The molecule has 17 heavy (non-hydrogen) atoms. The second kappa shape index (κ2) is 4.27. The van der Waals surface area contributed by atoms with Crippen LogP contribution in [0, 0.1) is 11.8 Å². The molecule has 1 saturated carbocycles. The molecule has 2 aliphatic heterocycles. The zero-order valence-corrected chi connectivity index (χ0v) is 10.6. The first-order chi connectivity index (χ1) is 8.20. The van der Waals surface area contributed by atoms with Crippen molar-refractivity contribution < 1.29 is 9.90 Å². The van der Waals surface area contributed by atoms with Crippen LogP contribution in [0.25, 0.3) is 0 Å². The maximum absolute atomic E-state index is 11.2. The van der Waals surface area contributed by atoms with Gasteiger partial charge in [0.2, 0.25) is 0 Å². The average molecular weight is 237 g/mol. The van der Waals surface area contributed by atoms with E-state index in [2.05, 4.69) is 11.8 Å². The maximum Gasteiger partial charge on any atom is 0.308 e. The summed E-state index contributed by atoms with van der Waals surface area (Å²) in [6.45, 7) is 2.28. The predicted octanol–water partition coefficient (Wildman–Crippen LogP) is 2.50. The molecule has 5 atom stereocenters. The molecule has 3 rings (SSSR count). The Kier molecular flexibility index (Phi) is 2.89. The quantitative estimate of drug-likeness (QED) is 0.820. The van der Waals surface area contributed by atoms with Crippen LogP contribution in [0.15, 0.2) is 0 Å². The zero-order valence-electron chi connectivity index (χ0n) is 10.6. The molecule has 0 aromatic rings. The SMILES string of the molecule is CCC1CCC(N2C3CCC2C(C(=O)O)C3)C1. The summed E-state index contributed by atoms with van der Waals surface area (Å²) >= 11 is 0. The summed E-state index contributed by atoms with van der Waals surface area (Å²) in [5, 5.41) is 9.27. The summed E-state index contributed by atoms with van der Waals surface area (Å²) in [7, 11) is 0. The van der Waals surface area contributed by atoms with E-state index in [0.717, 1.165) is 18.8 Å². The van der Waals surface area contributed by atoms with Crippen LogP contribution in [-0.4, -0.2) is 34.1 Å². The molecule has 2 saturated heterocycles. The molecular formula is C14H23NO2. The minimum atomic E-state index is -0.563. The van der Waals surface area contributed by atoms with E-state index in [1.54, 1.807) is 0 Å². The van der Waals surface area contributed by atoms with Gasteiger partial charge in [-0.2, -0.15) is 0 Å². The fraction of sp³-hybridized carbons (Fsp3) is 0.929. The number of nitrogens with zero attached hydrogens (tertiary/aromatic N) is 1. The van der Waals surface area contributed by atoms with E-state index in [0.29, 0.717) is 18.1 Å². The minimum absolute atomic E-state index is 0.0746. The maximum atomic E-state index is 11.2. The Morgan fingerprint density at radius 1 is 1.18 bits per heavy atom. The van der Waals surface area contributed by atoms with Crippen LogP contribution in [0.2, 0.25) is 0 Å². The molecule has 1 aliphatic carbocycles. The van der Waals surface area contributed by atoms with Gasteiger partial charge in [-0.25, -0.2) is 0 Å². The predicted molar refractivity (Wildman–Crippen MR) is 65.8 cm³/mol. The first-order valence-corrected chi connectivity index (χ1v) is 7.21. The lowest BCUT2D eigenvalue weighted by Gasteiger charge is -2.29. The Morgan fingerprint density at radius 2 is 1.88 bits per heavy atom. The number of hydrogen-bond donors (Lipinski definition) is 1. The Morgan fingerprint density at radius 3 is 2.47 bits per heavy atom. The molecule has 3 fully saturated rings. The molecular weight excluding hydrogens is 214 g/mol. The van der Waals surface area contributed by atoms with E-state index < -0.39 is 5.97 Å². The highest BCUT2D eigenvalue weighted by Crippen LogP contribution is 2.46. The highest BCUT2D eigenvalue weighted by atomic mass is 16.4. The lowest BCUT2D eigenvalue weighted by molar-refractivity contribution is -0.142. The van der Waals surface area contributed by atoms with Gasteiger partial charge in [-0.1, -0.05) is 13.3 Å². The molecule has 96 valence electrons. The van der Waals surface area contributed by atoms with Gasteiger partial charge < -0.3 is 5.11 Å². The van der Waals surface area contributed by atoms with E-state index in [-0.39, 0.29) is 5.92 Å². The molecule has 5 unspecified atom stereocenters. The molecule has 3 aliphatic rings. The van der Waals surface area contributed by atoms with E-state index in [9.17, 15) is 9.90 Å². The number of rotatable bonds is 3. The van der Waals surface area contributed by atoms with E-state index in [1.165, 1.54) is 32.1 Å². The number of fused-ring (bicyclic) bond motifs is 2. The second-order valence-electron chi connectivity index (χ2n) is 6.17. The summed E-state index contributed by atoms with van der Waals surface area (Å²) in [6, 6.07) is 1.64. The molecule has 0 radical (unpaired) electrons. The van der Waals surface area contributed by atoms with Gasteiger partial charge >= 0.3 is 5.97 Å². The van der Waals surface area contributed by atoms with Gasteiger partial charge in [0, 0.05) is 18.1 Å². The highest BCUT2D eigenvalue weighted by molar-refractivity contribution is 5.71. The van der Waals surface area contributed by atoms with Gasteiger partial charge in [-0.15, -0.1) is 0 Å². The largest absolute Gasteiger partial charge is 0.481 e. The van der Waals surface area contributed by atoms with Crippen LogP contribution in [0.1, 0.15) is 51.9 Å². The third-order valence-corrected chi connectivity index (χ3v) is 5.42. The van der Waals surface area contributed by atoms with Crippen molar-refractivity contribution >= 4 is 5.97 Å². The van der Waals surface area contributed by atoms with Gasteiger partial charge in [0.15, 0.2) is 0 Å². The standard InChI is InChI=1S/C14H23NO2/c1-2-9-3-4-10(7-9)15-11-5-6-13(15)12(8-11)14(16)17/h9-13H,2-8H2,1H3,(H,16,17). The molecule has 2 heterocycles. The van der Waals surface area contributed by atoms with Crippen molar-refractivity contribution in [3.63, 3.8) is 0 Å². The fourth-order valence-electron chi connectivity index (χ4n) is 4.56. The second-order valence-corrected chi connectivity index (χ2v) is 6.17. The van der Waals surface area contributed by atoms with Crippen LogP contribution in [0.4, 0.5) is 0 Å². The lowest BCUT2D eigenvalue weighted by Crippen LogP contribution is -2.39. The van der Waals surface area contributed by atoms with Crippen molar-refractivity contribution in [1.82, 2.24) is 4.90 Å². The summed E-state index contributed by atoms with van der Waals surface area (Å²) < 4.78 is 0. The van der Waals surface area contributed by atoms with Crippen molar-refractivity contribution in [2.45, 2.75) is 70.0 Å². The Bertz CT molecular complexity index is 317. The van der Waals surface area contributed by atoms with Crippen LogP contribution in [-0.2, 0) is 4.79 Å². The summed E-state index contributed by atoms with van der Waals surface area (Å²) in [5.41, 5.74) is 0. The first-order valence-electron chi connectivity index (χ1n) is 7.21. The van der Waals surface area contributed by atoms with Crippen molar-refractivity contribution in [3.8, 4) is 0 Å². The summed E-state index contributed by atoms with van der Waals surface area (Å²) in [6.07, 6.45) is 8.54. The number of carboxylic acids is 1. The van der Waals surface area contributed by atoms with Gasteiger partial charge in [-0.05, 0) is 44.4 Å². The third kappa shape index (κ3) is 1.79. The minimum Gasteiger partial charge on any atom is -0.481 e. The Labute approximate surface area is 103 Å². The topological polar surface area (TPSA) is 40.5 Å². The molecule has 0 aromatic heterocycles. The van der Waals surface area contributed by atoms with Crippen molar-refractivity contribution in [1.29, 1.82) is 0 Å². The summed E-state index contributed by atoms with van der Waals surface area (Å²) in [5.74, 6) is 0.255. The van der Waals surface area contributed by atoms with E-state index in [1.807, 2.05) is 0 Å². The number of carboxylic acid groups (broad SMARTS) is 1. The average Bonchev–Trinajstić information content (AvgIpc) is 3.00. The smallest absolute Gasteiger partial charge is 0.308 e. The third-order valence-electron chi connectivity index (χ3n) is 5.42. The number of hydrogen-bond acceptors (Lipinski definition) is 2. The van der Waals surface area contributed by atoms with E-state index in [4.69, 9.17) is 0 Å². The highest BCUT2D eigenvalue weighted by Gasteiger charge is 2.52. The van der Waals surface area contributed by atoms with Crippen molar-refractivity contribution in [3.05, 3.63) is 0 Å². The van der Waals surface area contributed by atoms with Gasteiger partial charge in [0.1, 0.15) is 0 Å². The molecule has 0 aromatic carbocycles. The van der Waals surface area contributed by atoms with Gasteiger partial charge in [-0.3, -0.25) is 9.69 Å². The van der Waals surface area contributed by atoms with Crippen LogP contribution >= 0.6 is 0 Å². The lowest BCUT2D eigenvalue weighted by atomic mass is 9.89. The normalized spacial score (nSPS) is 45.6. The summed E-state index contributed by atoms with van der Waals surface area (Å²) in [4.78, 5) is 13.9. The van der Waals surface area contributed by atoms with Crippen molar-refractivity contribution in [2.24, 2.45) is 11.8 Å². The van der Waals surface area contributed by atoms with Crippen molar-refractivity contribution in [2.75, 3.05) is 0 Å². The zero-order chi connectivity index (χ0) is 12.0. The van der Waals surface area contributed by atoms with Crippen LogP contribution in [0.5, 0.6) is 0 Å². The Balaban J connectivity index is 1.71. The number of carbonyl (C=O) groups is 1. The van der Waals surface area contributed by atoms with Gasteiger partial charge in [0.25, 0.3) is 0 Å². The molecule has 2 bridgehead atoms. The molecule has 3 heteroatoms. The monoisotopic (exact) mass is 237 g/mol. The van der Waals surface area contributed by atoms with Crippen LogP contribution in [0.3, 0.4) is 0 Å². The fourth-order valence-corrected chi connectivity index (χ4v) is 4.56. The molecule has 1 N–H and O–H groups in total. The Hall–Kier alpha value is -0.570. The van der Waals surface area contributed by atoms with Crippen LogP contribution < -0.4 is 0 Å². The molecule has 0 amide bonds. The van der Waals surface area contributed by atoms with Gasteiger partial charge in [0.05, 0.1) is 5.92 Å². The van der Waals surface area contributed by atoms with E-state index >= 15 is 0 Å². The first kappa shape index (κ1) is 11.5.